The van der Waals surface area contributed by atoms with Crippen LogP contribution in [0.2, 0.25) is 0 Å². The van der Waals surface area contributed by atoms with Gasteiger partial charge in [0.1, 0.15) is 0 Å². The van der Waals surface area contributed by atoms with E-state index in [0.29, 0.717) is 6.54 Å². The lowest BCUT2D eigenvalue weighted by Crippen LogP contribution is -2.39. The summed E-state index contributed by atoms with van der Waals surface area (Å²) in [5, 5.41) is 9.10. The average molecular weight is 289 g/mol. The summed E-state index contributed by atoms with van der Waals surface area (Å²) < 4.78 is 0. The number of nitrogens with zero attached hydrogens (tertiary/aromatic N) is 1. The molecule has 0 bridgehead atoms. The van der Waals surface area contributed by atoms with Crippen LogP contribution in [0.1, 0.15) is 43.9 Å². The van der Waals surface area contributed by atoms with Crippen molar-refractivity contribution < 1.29 is 14.7 Å². The molecule has 114 valence electrons. The van der Waals surface area contributed by atoms with E-state index in [2.05, 4.69) is 19.1 Å². The summed E-state index contributed by atoms with van der Waals surface area (Å²) >= 11 is 0. The predicted octanol–water partition coefficient (Wildman–Crippen LogP) is 3.02. The van der Waals surface area contributed by atoms with Gasteiger partial charge >= 0.3 is 5.97 Å². The van der Waals surface area contributed by atoms with E-state index in [0.717, 1.165) is 12.8 Å². The molecule has 2 rings (SSSR count). The Kier molecular flexibility index (Phi) is 4.66. The molecule has 0 spiro atoms. The first-order chi connectivity index (χ1) is 9.93. The van der Waals surface area contributed by atoms with E-state index in [4.69, 9.17) is 5.11 Å². The Morgan fingerprint density at radius 3 is 2.52 bits per heavy atom. The topological polar surface area (TPSA) is 57.6 Å². The molecule has 0 aliphatic carbocycles. The van der Waals surface area contributed by atoms with E-state index < -0.39 is 17.8 Å². The fourth-order valence-corrected chi connectivity index (χ4v) is 3.00. The molecule has 1 aromatic rings. The van der Waals surface area contributed by atoms with Gasteiger partial charge in [-0.2, -0.15) is 0 Å². The average Bonchev–Trinajstić information content (AvgIpc) is 2.94. The van der Waals surface area contributed by atoms with E-state index in [1.807, 2.05) is 17.0 Å². The Morgan fingerprint density at radius 1 is 1.24 bits per heavy atom. The number of carboxylic acid groups (broad SMARTS) is 1. The molecule has 0 radical (unpaired) electrons. The van der Waals surface area contributed by atoms with E-state index in [-0.39, 0.29) is 11.9 Å². The molecule has 0 aromatic heterocycles. The van der Waals surface area contributed by atoms with Gasteiger partial charge in [0.05, 0.1) is 12.0 Å². The molecular weight excluding hydrogens is 266 g/mol. The van der Waals surface area contributed by atoms with Gasteiger partial charge in [-0.05, 0) is 30.9 Å². The maximum atomic E-state index is 12.6. The third kappa shape index (κ3) is 3.09. The minimum atomic E-state index is -0.914. The summed E-state index contributed by atoms with van der Waals surface area (Å²) in [6.45, 7) is 6.09. The fraction of sp³-hybridized carbons (Fsp3) is 0.529. The van der Waals surface area contributed by atoms with Gasteiger partial charge < -0.3 is 10.0 Å². The van der Waals surface area contributed by atoms with E-state index in [1.54, 1.807) is 13.8 Å². The number of rotatable bonds is 4. The summed E-state index contributed by atoms with van der Waals surface area (Å²) in [6.07, 6.45) is 1.92. The highest BCUT2D eigenvalue weighted by Crippen LogP contribution is 2.35. The van der Waals surface area contributed by atoms with Crippen molar-refractivity contribution in [2.75, 3.05) is 6.54 Å². The molecule has 1 heterocycles. The van der Waals surface area contributed by atoms with Crippen LogP contribution in [0.15, 0.2) is 24.3 Å². The van der Waals surface area contributed by atoms with Gasteiger partial charge in [0, 0.05) is 12.5 Å². The molecule has 1 amide bonds. The van der Waals surface area contributed by atoms with E-state index in [9.17, 15) is 9.59 Å². The van der Waals surface area contributed by atoms with Crippen LogP contribution in [-0.2, 0) is 9.59 Å². The van der Waals surface area contributed by atoms with Gasteiger partial charge in [-0.3, -0.25) is 9.59 Å². The van der Waals surface area contributed by atoms with Crippen LogP contribution in [0.25, 0.3) is 0 Å². The standard InChI is InChI=1S/C17H23NO3/c1-11-7-4-5-8-14(11)15-9-6-10-18(15)16(19)12(2)13(3)17(20)21/h4-5,7-8,12-13,15H,6,9-10H2,1-3H3,(H,20,21). The molecule has 3 unspecified atom stereocenters. The van der Waals surface area contributed by atoms with E-state index >= 15 is 0 Å². The van der Waals surface area contributed by atoms with Gasteiger partial charge in [0.2, 0.25) is 5.91 Å². The number of likely N-dealkylation sites (tertiary alicyclic amines) is 1. The molecule has 1 aromatic carbocycles. The molecule has 1 N–H and O–H groups in total. The Bertz CT molecular complexity index is 541. The smallest absolute Gasteiger partial charge is 0.307 e. The van der Waals surface area contributed by atoms with Crippen LogP contribution in [0.5, 0.6) is 0 Å². The lowest BCUT2D eigenvalue weighted by molar-refractivity contribution is -0.149. The Morgan fingerprint density at radius 2 is 1.90 bits per heavy atom. The van der Waals surface area contributed by atoms with Crippen molar-refractivity contribution in [2.24, 2.45) is 11.8 Å². The minimum absolute atomic E-state index is 0.0457. The van der Waals surface area contributed by atoms with E-state index in [1.165, 1.54) is 11.1 Å². The number of hydrogen-bond donors (Lipinski definition) is 1. The Labute approximate surface area is 125 Å². The van der Waals surface area contributed by atoms with Gasteiger partial charge in [-0.15, -0.1) is 0 Å². The first kappa shape index (κ1) is 15.5. The van der Waals surface area contributed by atoms with Crippen LogP contribution >= 0.6 is 0 Å². The number of aryl methyl sites for hydroxylation is 1. The van der Waals surface area contributed by atoms with Crippen LogP contribution in [0.4, 0.5) is 0 Å². The van der Waals surface area contributed by atoms with Crippen molar-refractivity contribution in [3.8, 4) is 0 Å². The highest BCUT2D eigenvalue weighted by Gasteiger charge is 2.36. The predicted molar refractivity (Wildman–Crippen MR) is 80.8 cm³/mol. The highest BCUT2D eigenvalue weighted by atomic mass is 16.4. The van der Waals surface area contributed by atoms with Crippen molar-refractivity contribution in [2.45, 2.75) is 39.7 Å². The minimum Gasteiger partial charge on any atom is -0.481 e. The summed E-state index contributed by atoms with van der Waals surface area (Å²) in [5.41, 5.74) is 2.36. The van der Waals surface area contributed by atoms with Crippen molar-refractivity contribution in [3.05, 3.63) is 35.4 Å². The second kappa shape index (κ2) is 6.29. The maximum absolute atomic E-state index is 12.6. The quantitative estimate of drug-likeness (QED) is 0.927. The summed E-state index contributed by atoms with van der Waals surface area (Å²) in [5.74, 6) is -2.11. The fourth-order valence-electron chi connectivity index (χ4n) is 3.00. The Hall–Kier alpha value is -1.84. The number of hydrogen-bond acceptors (Lipinski definition) is 2. The first-order valence-electron chi connectivity index (χ1n) is 7.52. The zero-order valence-corrected chi connectivity index (χ0v) is 12.9. The summed E-state index contributed by atoms with van der Waals surface area (Å²) in [7, 11) is 0. The highest BCUT2D eigenvalue weighted by molar-refractivity contribution is 5.84. The largest absolute Gasteiger partial charge is 0.481 e. The normalized spacial score (nSPS) is 21.1. The zero-order chi connectivity index (χ0) is 15.6. The number of carboxylic acids is 1. The van der Waals surface area contributed by atoms with Crippen molar-refractivity contribution >= 4 is 11.9 Å². The number of carbonyl (C=O) groups excluding carboxylic acids is 1. The van der Waals surface area contributed by atoms with Gasteiger partial charge in [0.15, 0.2) is 0 Å². The molecule has 0 saturated carbocycles. The third-order valence-corrected chi connectivity index (χ3v) is 4.61. The van der Waals surface area contributed by atoms with Gasteiger partial charge in [-0.25, -0.2) is 0 Å². The number of amides is 1. The second-order valence-corrected chi connectivity index (χ2v) is 5.96. The number of aliphatic carboxylic acids is 1. The van der Waals surface area contributed by atoms with Crippen LogP contribution in [-0.4, -0.2) is 28.4 Å². The van der Waals surface area contributed by atoms with Gasteiger partial charge in [-0.1, -0.05) is 38.1 Å². The lowest BCUT2D eigenvalue weighted by Gasteiger charge is -2.30. The summed E-state index contributed by atoms with van der Waals surface area (Å²) in [4.78, 5) is 25.6. The first-order valence-corrected chi connectivity index (χ1v) is 7.52. The zero-order valence-electron chi connectivity index (χ0n) is 12.9. The van der Waals surface area contributed by atoms with Crippen molar-refractivity contribution in [1.82, 2.24) is 4.90 Å². The Balaban J connectivity index is 2.21. The third-order valence-electron chi connectivity index (χ3n) is 4.61. The van der Waals surface area contributed by atoms with Crippen LogP contribution in [0, 0.1) is 18.8 Å². The summed E-state index contributed by atoms with van der Waals surface area (Å²) in [6, 6.07) is 8.19. The molecule has 4 heteroatoms. The second-order valence-electron chi connectivity index (χ2n) is 5.96. The monoisotopic (exact) mass is 289 g/mol. The molecule has 4 nitrogen and oxygen atoms in total. The number of benzene rings is 1. The molecule has 1 fully saturated rings. The molecular formula is C17H23NO3. The molecule has 1 saturated heterocycles. The SMILES string of the molecule is Cc1ccccc1C1CCCN1C(=O)C(C)C(C)C(=O)O. The lowest BCUT2D eigenvalue weighted by atomic mass is 9.93. The maximum Gasteiger partial charge on any atom is 0.307 e. The van der Waals surface area contributed by atoms with Crippen molar-refractivity contribution in [3.63, 3.8) is 0 Å². The molecule has 21 heavy (non-hydrogen) atoms. The van der Waals surface area contributed by atoms with Crippen molar-refractivity contribution in [1.29, 1.82) is 0 Å². The van der Waals surface area contributed by atoms with Crippen LogP contribution in [0.3, 0.4) is 0 Å². The van der Waals surface area contributed by atoms with Gasteiger partial charge in [0.25, 0.3) is 0 Å². The molecule has 1 aliphatic rings. The van der Waals surface area contributed by atoms with Crippen LogP contribution < -0.4 is 0 Å². The molecule has 1 aliphatic heterocycles. The molecule has 3 atom stereocenters. The number of carbonyl (C=O) groups is 2.